The molecule has 2 atom stereocenters. The summed E-state index contributed by atoms with van der Waals surface area (Å²) in [6.45, 7) is 2.96. The number of nitrogens with one attached hydrogen (secondary N) is 1. The highest BCUT2D eigenvalue weighted by Gasteiger charge is 2.41. The van der Waals surface area contributed by atoms with Gasteiger partial charge in [-0.1, -0.05) is 13.3 Å². The molecule has 108 valence electrons. The van der Waals surface area contributed by atoms with Crippen molar-refractivity contribution in [2.75, 3.05) is 26.4 Å². The van der Waals surface area contributed by atoms with Gasteiger partial charge in [-0.3, -0.25) is 0 Å². The molecule has 1 rings (SSSR count). The van der Waals surface area contributed by atoms with E-state index in [0.717, 1.165) is 38.6 Å². The van der Waals surface area contributed by atoms with E-state index in [2.05, 4.69) is 12.2 Å². The fourth-order valence-corrected chi connectivity index (χ4v) is 2.83. The second-order valence-electron chi connectivity index (χ2n) is 5.08. The van der Waals surface area contributed by atoms with Gasteiger partial charge in [0.05, 0.1) is 6.61 Å². The van der Waals surface area contributed by atoms with Crippen molar-refractivity contribution in [1.82, 2.24) is 5.32 Å². The second kappa shape index (κ2) is 8.02. The molecule has 0 aromatic rings. The Labute approximate surface area is 108 Å². The molecular formula is C13H25F2NO2. The molecule has 1 fully saturated rings. The summed E-state index contributed by atoms with van der Waals surface area (Å²) in [5.41, 5.74) is -0.218. The van der Waals surface area contributed by atoms with E-state index in [0.29, 0.717) is 12.5 Å². The monoisotopic (exact) mass is 265 g/mol. The second-order valence-corrected chi connectivity index (χ2v) is 5.08. The Morgan fingerprint density at radius 1 is 1.50 bits per heavy atom. The van der Waals surface area contributed by atoms with Crippen molar-refractivity contribution in [2.24, 2.45) is 5.92 Å². The van der Waals surface area contributed by atoms with Gasteiger partial charge in [-0.05, 0) is 38.1 Å². The predicted octanol–water partition coefficient (Wildman–Crippen LogP) is 2.19. The van der Waals surface area contributed by atoms with Crippen LogP contribution in [0.25, 0.3) is 0 Å². The summed E-state index contributed by atoms with van der Waals surface area (Å²) in [4.78, 5) is 0. The third-order valence-corrected chi connectivity index (χ3v) is 3.82. The molecule has 2 unspecified atom stereocenters. The minimum Gasteiger partial charge on any atom is -0.394 e. The van der Waals surface area contributed by atoms with Gasteiger partial charge in [0.25, 0.3) is 6.43 Å². The zero-order valence-electron chi connectivity index (χ0n) is 11.1. The van der Waals surface area contributed by atoms with Gasteiger partial charge in [-0.15, -0.1) is 0 Å². The maximum atomic E-state index is 11.9. The molecule has 0 saturated heterocycles. The number of halogens is 2. The van der Waals surface area contributed by atoms with Crippen LogP contribution in [0.4, 0.5) is 8.78 Å². The van der Waals surface area contributed by atoms with Gasteiger partial charge < -0.3 is 15.2 Å². The molecule has 18 heavy (non-hydrogen) atoms. The van der Waals surface area contributed by atoms with Gasteiger partial charge in [0.15, 0.2) is 0 Å². The molecule has 2 N–H and O–H groups in total. The van der Waals surface area contributed by atoms with Gasteiger partial charge in [0, 0.05) is 12.1 Å². The average Bonchev–Trinajstić information content (AvgIpc) is 2.75. The van der Waals surface area contributed by atoms with Crippen molar-refractivity contribution in [1.29, 1.82) is 0 Å². The minimum absolute atomic E-state index is 0.118. The Bertz CT molecular complexity index is 229. The standard InChI is InChI=1S/C13H25F2NO2/c1-2-7-16-13(10-17)6-3-4-11(13)5-8-18-9-12(14)15/h11-12,16-17H,2-10H2,1H3. The first-order valence-corrected chi connectivity index (χ1v) is 6.86. The lowest BCUT2D eigenvalue weighted by Gasteiger charge is -2.35. The van der Waals surface area contributed by atoms with E-state index in [1.165, 1.54) is 0 Å². The third-order valence-electron chi connectivity index (χ3n) is 3.82. The van der Waals surface area contributed by atoms with Crippen LogP contribution in [0.1, 0.15) is 39.0 Å². The fourth-order valence-electron chi connectivity index (χ4n) is 2.83. The van der Waals surface area contributed by atoms with Crippen LogP contribution in [0, 0.1) is 5.92 Å². The van der Waals surface area contributed by atoms with E-state index in [1.54, 1.807) is 0 Å². The van der Waals surface area contributed by atoms with E-state index in [-0.39, 0.29) is 12.1 Å². The summed E-state index contributed by atoms with van der Waals surface area (Å²) < 4.78 is 28.8. The SMILES string of the molecule is CCCNC1(CO)CCCC1CCOCC(F)F. The molecule has 1 aliphatic carbocycles. The number of aliphatic hydroxyl groups is 1. The number of rotatable bonds is 9. The van der Waals surface area contributed by atoms with Gasteiger partial charge in [0.2, 0.25) is 0 Å². The Morgan fingerprint density at radius 3 is 2.89 bits per heavy atom. The molecule has 0 bridgehead atoms. The first-order valence-electron chi connectivity index (χ1n) is 6.86. The van der Waals surface area contributed by atoms with Crippen molar-refractivity contribution < 1.29 is 18.6 Å². The van der Waals surface area contributed by atoms with Crippen LogP contribution in [0.15, 0.2) is 0 Å². The molecule has 5 heteroatoms. The Kier molecular flexibility index (Phi) is 7.04. The lowest BCUT2D eigenvalue weighted by atomic mass is 9.85. The zero-order valence-corrected chi connectivity index (χ0v) is 11.1. The molecule has 3 nitrogen and oxygen atoms in total. The van der Waals surface area contributed by atoms with Crippen LogP contribution < -0.4 is 5.32 Å². The maximum Gasteiger partial charge on any atom is 0.261 e. The third kappa shape index (κ3) is 4.44. The highest BCUT2D eigenvalue weighted by atomic mass is 19.3. The summed E-state index contributed by atoms with van der Waals surface area (Å²) in [5, 5.41) is 13.1. The van der Waals surface area contributed by atoms with E-state index in [9.17, 15) is 13.9 Å². The fraction of sp³-hybridized carbons (Fsp3) is 1.00. The van der Waals surface area contributed by atoms with Gasteiger partial charge >= 0.3 is 0 Å². The number of ether oxygens (including phenoxy) is 1. The van der Waals surface area contributed by atoms with Crippen LogP contribution in [-0.2, 0) is 4.74 Å². The zero-order chi connectivity index (χ0) is 13.4. The molecule has 1 saturated carbocycles. The van der Waals surface area contributed by atoms with E-state index in [4.69, 9.17) is 4.74 Å². The number of aliphatic hydroxyl groups excluding tert-OH is 1. The molecule has 0 aliphatic heterocycles. The highest BCUT2D eigenvalue weighted by molar-refractivity contribution is 4.98. The summed E-state index contributed by atoms with van der Waals surface area (Å²) in [5.74, 6) is 0.326. The Hall–Kier alpha value is -0.260. The molecular weight excluding hydrogens is 240 g/mol. The number of alkyl halides is 2. The van der Waals surface area contributed by atoms with Crippen molar-refractivity contribution >= 4 is 0 Å². The average molecular weight is 265 g/mol. The normalized spacial score (nSPS) is 28.2. The molecule has 0 amide bonds. The lowest BCUT2D eigenvalue weighted by molar-refractivity contribution is 0.00700. The molecule has 0 aromatic carbocycles. The van der Waals surface area contributed by atoms with Crippen molar-refractivity contribution in [3.05, 3.63) is 0 Å². The van der Waals surface area contributed by atoms with Crippen molar-refractivity contribution in [3.8, 4) is 0 Å². The van der Waals surface area contributed by atoms with Gasteiger partial charge in [-0.2, -0.15) is 0 Å². The number of hydrogen-bond acceptors (Lipinski definition) is 3. The minimum atomic E-state index is -2.39. The van der Waals surface area contributed by atoms with Crippen molar-refractivity contribution in [2.45, 2.75) is 51.0 Å². The molecule has 0 heterocycles. The number of hydrogen-bond donors (Lipinski definition) is 2. The summed E-state index contributed by atoms with van der Waals surface area (Å²) in [6, 6.07) is 0. The smallest absolute Gasteiger partial charge is 0.261 e. The first kappa shape index (κ1) is 15.8. The topological polar surface area (TPSA) is 41.5 Å². The van der Waals surface area contributed by atoms with Gasteiger partial charge in [-0.25, -0.2) is 8.78 Å². The first-order chi connectivity index (χ1) is 8.64. The lowest BCUT2D eigenvalue weighted by Crippen LogP contribution is -2.51. The molecule has 1 aliphatic rings. The molecule has 0 spiro atoms. The quantitative estimate of drug-likeness (QED) is 0.628. The van der Waals surface area contributed by atoms with Crippen LogP contribution in [0.5, 0.6) is 0 Å². The van der Waals surface area contributed by atoms with Crippen LogP contribution in [0.3, 0.4) is 0 Å². The van der Waals surface area contributed by atoms with Gasteiger partial charge in [0.1, 0.15) is 6.61 Å². The van der Waals surface area contributed by atoms with Crippen LogP contribution >= 0.6 is 0 Å². The molecule has 0 aromatic heterocycles. The van der Waals surface area contributed by atoms with E-state index < -0.39 is 13.0 Å². The van der Waals surface area contributed by atoms with Crippen LogP contribution in [0.2, 0.25) is 0 Å². The summed E-state index contributed by atoms with van der Waals surface area (Å²) in [6.07, 6.45) is 2.45. The van der Waals surface area contributed by atoms with Crippen LogP contribution in [-0.4, -0.2) is 43.4 Å². The van der Waals surface area contributed by atoms with Crippen molar-refractivity contribution in [3.63, 3.8) is 0 Å². The van der Waals surface area contributed by atoms with E-state index in [1.807, 2.05) is 0 Å². The predicted molar refractivity (Wildman–Crippen MR) is 66.9 cm³/mol. The Balaban J connectivity index is 2.36. The van der Waals surface area contributed by atoms with E-state index >= 15 is 0 Å². The maximum absolute atomic E-state index is 11.9. The Morgan fingerprint density at radius 2 is 2.28 bits per heavy atom. The summed E-state index contributed by atoms with van der Waals surface area (Å²) >= 11 is 0. The largest absolute Gasteiger partial charge is 0.394 e. The molecule has 0 radical (unpaired) electrons. The summed E-state index contributed by atoms with van der Waals surface area (Å²) in [7, 11) is 0. The highest BCUT2D eigenvalue weighted by Crippen LogP contribution is 2.37.